The van der Waals surface area contributed by atoms with Crippen molar-refractivity contribution in [2.45, 2.75) is 25.7 Å². The second-order valence-corrected chi connectivity index (χ2v) is 5.53. The number of hydrogen-bond acceptors (Lipinski definition) is 4. The number of rotatable bonds is 3. The second kappa shape index (κ2) is 6.17. The maximum Gasteiger partial charge on any atom is 0.235 e. The molecular weight excluding hydrogens is 228 g/mol. The Kier molecular flexibility index (Phi) is 4.56. The maximum atomic E-state index is 11.6. The van der Waals surface area contributed by atoms with Gasteiger partial charge in [-0.2, -0.15) is 5.26 Å². The van der Waals surface area contributed by atoms with Crippen molar-refractivity contribution in [3.05, 3.63) is 0 Å². The molecule has 2 N–H and O–H groups in total. The van der Waals surface area contributed by atoms with Gasteiger partial charge in [0, 0.05) is 13.1 Å². The first-order chi connectivity index (χ1) is 8.74. The third-order valence-corrected chi connectivity index (χ3v) is 4.03. The molecule has 0 bridgehead atoms. The lowest BCUT2D eigenvalue weighted by atomic mass is 9.74. The van der Waals surface area contributed by atoms with Gasteiger partial charge in [-0.15, -0.1) is 0 Å². The van der Waals surface area contributed by atoms with Crippen molar-refractivity contribution in [3.63, 3.8) is 0 Å². The van der Waals surface area contributed by atoms with Gasteiger partial charge in [-0.3, -0.25) is 9.69 Å². The SMILES string of the molecule is N#CCNC(=O)CN1CCCC2(CCCNC2)C1. The van der Waals surface area contributed by atoms with Crippen LogP contribution in [-0.2, 0) is 4.79 Å². The van der Waals surface area contributed by atoms with Gasteiger partial charge in [-0.1, -0.05) is 0 Å². The molecule has 2 rings (SSSR count). The summed E-state index contributed by atoms with van der Waals surface area (Å²) >= 11 is 0. The molecule has 0 aromatic carbocycles. The Balaban J connectivity index is 1.83. The predicted molar refractivity (Wildman–Crippen MR) is 68.8 cm³/mol. The summed E-state index contributed by atoms with van der Waals surface area (Å²) in [5.74, 6) is -0.0302. The smallest absolute Gasteiger partial charge is 0.235 e. The zero-order chi connectivity index (χ0) is 12.8. The summed E-state index contributed by atoms with van der Waals surface area (Å²) in [6, 6.07) is 1.93. The molecule has 0 radical (unpaired) electrons. The quantitative estimate of drug-likeness (QED) is 0.697. The lowest BCUT2D eigenvalue weighted by Crippen LogP contribution is -2.52. The summed E-state index contributed by atoms with van der Waals surface area (Å²) < 4.78 is 0. The molecular formula is C13H22N4O. The van der Waals surface area contributed by atoms with E-state index in [1.807, 2.05) is 6.07 Å². The zero-order valence-corrected chi connectivity index (χ0v) is 10.9. The average Bonchev–Trinajstić information content (AvgIpc) is 2.37. The van der Waals surface area contributed by atoms with Crippen LogP contribution in [0.1, 0.15) is 25.7 Å². The Morgan fingerprint density at radius 1 is 1.44 bits per heavy atom. The molecule has 0 saturated carbocycles. The number of carbonyl (C=O) groups excluding carboxylic acids is 1. The van der Waals surface area contributed by atoms with Crippen LogP contribution in [0.25, 0.3) is 0 Å². The van der Waals surface area contributed by atoms with Gasteiger partial charge in [0.05, 0.1) is 12.6 Å². The van der Waals surface area contributed by atoms with Crippen LogP contribution in [0.5, 0.6) is 0 Å². The van der Waals surface area contributed by atoms with Gasteiger partial charge in [-0.25, -0.2) is 0 Å². The van der Waals surface area contributed by atoms with E-state index in [2.05, 4.69) is 15.5 Å². The molecule has 2 fully saturated rings. The molecule has 5 nitrogen and oxygen atoms in total. The maximum absolute atomic E-state index is 11.6. The van der Waals surface area contributed by atoms with Crippen LogP contribution >= 0.6 is 0 Å². The number of piperidine rings is 2. The van der Waals surface area contributed by atoms with Crippen molar-refractivity contribution < 1.29 is 4.79 Å². The minimum Gasteiger partial charge on any atom is -0.342 e. The van der Waals surface area contributed by atoms with Crippen molar-refractivity contribution in [2.75, 3.05) is 39.3 Å². The first kappa shape index (κ1) is 13.3. The molecule has 2 saturated heterocycles. The van der Waals surface area contributed by atoms with E-state index in [0.29, 0.717) is 12.0 Å². The predicted octanol–water partition coefficient (Wildman–Crippen LogP) is 0.0918. The van der Waals surface area contributed by atoms with E-state index in [1.165, 1.54) is 25.7 Å². The Bertz CT molecular complexity index is 325. The molecule has 18 heavy (non-hydrogen) atoms. The van der Waals surface area contributed by atoms with Gasteiger partial charge in [0.25, 0.3) is 0 Å². The van der Waals surface area contributed by atoms with Crippen LogP contribution < -0.4 is 10.6 Å². The van der Waals surface area contributed by atoms with Crippen molar-refractivity contribution in [1.82, 2.24) is 15.5 Å². The monoisotopic (exact) mass is 250 g/mol. The van der Waals surface area contributed by atoms with Crippen molar-refractivity contribution in [2.24, 2.45) is 5.41 Å². The number of nitrogens with one attached hydrogen (secondary N) is 2. The largest absolute Gasteiger partial charge is 0.342 e. The van der Waals surface area contributed by atoms with E-state index in [9.17, 15) is 4.79 Å². The zero-order valence-electron chi connectivity index (χ0n) is 10.9. The molecule has 0 aromatic rings. The molecule has 1 amide bonds. The molecule has 5 heteroatoms. The van der Waals surface area contributed by atoms with Gasteiger partial charge in [0.15, 0.2) is 0 Å². The molecule has 1 unspecified atom stereocenters. The normalized spacial score (nSPS) is 28.8. The minimum absolute atomic E-state index is 0.0302. The highest BCUT2D eigenvalue weighted by Crippen LogP contribution is 2.35. The van der Waals surface area contributed by atoms with Gasteiger partial charge in [-0.05, 0) is 44.2 Å². The average molecular weight is 250 g/mol. The highest BCUT2D eigenvalue weighted by molar-refractivity contribution is 5.78. The lowest BCUT2D eigenvalue weighted by Gasteiger charge is -2.45. The van der Waals surface area contributed by atoms with Gasteiger partial charge in [0.1, 0.15) is 6.54 Å². The van der Waals surface area contributed by atoms with Gasteiger partial charge in [0.2, 0.25) is 5.91 Å². The summed E-state index contributed by atoms with van der Waals surface area (Å²) in [7, 11) is 0. The summed E-state index contributed by atoms with van der Waals surface area (Å²) in [5, 5.41) is 14.5. The third kappa shape index (κ3) is 3.44. The van der Waals surface area contributed by atoms with Crippen LogP contribution in [-0.4, -0.2) is 50.1 Å². The van der Waals surface area contributed by atoms with Crippen LogP contribution in [0.4, 0.5) is 0 Å². The van der Waals surface area contributed by atoms with E-state index in [0.717, 1.165) is 26.2 Å². The number of nitrogens with zero attached hydrogens (tertiary/aromatic N) is 2. The molecule has 1 spiro atoms. The van der Waals surface area contributed by atoms with E-state index in [1.54, 1.807) is 0 Å². The fraction of sp³-hybridized carbons (Fsp3) is 0.846. The second-order valence-electron chi connectivity index (χ2n) is 5.53. The molecule has 0 aliphatic carbocycles. The topological polar surface area (TPSA) is 68.2 Å². The summed E-state index contributed by atoms with van der Waals surface area (Å²) in [5.41, 5.74) is 0.381. The Morgan fingerprint density at radius 2 is 2.28 bits per heavy atom. The molecule has 2 heterocycles. The van der Waals surface area contributed by atoms with E-state index < -0.39 is 0 Å². The fourth-order valence-electron chi connectivity index (χ4n) is 3.22. The van der Waals surface area contributed by atoms with Crippen LogP contribution in [0.15, 0.2) is 0 Å². The Hall–Kier alpha value is -1.12. The van der Waals surface area contributed by atoms with E-state index >= 15 is 0 Å². The number of carbonyl (C=O) groups is 1. The van der Waals surface area contributed by atoms with Crippen molar-refractivity contribution in [1.29, 1.82) is 5.26 Å². The highest BCUT2D eigenvalue weighted by atomic mass is 16.2. The van der Waals surface area contributed by atoms with Crippen molar-refractivity contribution >= 4 is 5.91 Å². The number of nitriles is 1. The number of hydrogen-bond donors (Lipinski definition) is 2. The number of likely N-dealkylation sites (tertiary alicyclic amines) is 1. The van der Waals surface area contributed by atoms with Gasteiger partial charge >= 0.3 is 0 Å². The fourth-order valence-corrected chi connectivity index (χ4v) is 3.22. The van der Waals surface area contributed by atoms with Crippen LogP contribution in [0.2, 0.25) is 0 Å². The van der Waals surface area contributed by atoms with E-state index in [-0.39, 0.29) is 12.5 Å². The summed E-state index contributed by atoms with van der Waals surface area (Å²) in [6.07, 6.45) is 4.97. The molecule has 2 aliphatic heterocycles. The minimum atomic E-state index is -0.0302. The van der Waals surface area contributed by atoms with E-state index in [4.69, 9.17) is 5.26 Å². The Morgan fingerprint density at radius 3 is 3.00 bits per heavy atom. The van der Waals surface area contributed by atoms with Crippen LogP contribution in [0, 0.1) is 16.7 Å². The molecule has 100 valence electrons. The molecule has 2 aliphatic rings. The molecule has 1 atom stereocenters. The lowest BCUT2D eigenvalue weighted by molar-refractivity contribution is -0.122. The summed E-state index contributed by atoms with van der Waals surface area (Å²) in [4.78, 5) is 13.9. The van der Waals surface area contributed by atoms with Crippen LogP contribution in [0.3, 0.4) is 0 Å². The number of amides is 1. The summed E-state index contributed by atoms with van der Waals surface area (Å²) in [6.45, 7) is 4.78. The first-order valence-corrected chi connectivity index (χ1v) is 6.81. The van der Waals surface area contributed by atoms with Gasteiger partial charge < -0.3 is 10.6 Å². The highest BCUT2D eigenvalue weighted by Gasteiger charge is 2.36. The van der Waals surface area contributed by atoms with Crippen molar-refractivity contribution in [3.8, 4) is 6.07 Å². The standard InChI is InChI=1S/C13H22N4O/c14-5-7-16-12(18)9-17-8-2-4-13(11-17)3-1-6-15-10-13/h15H,1-4,6-11H2,(H,16,18). The third-order valence-electron chi connectivity index (χ3n) is 4.03. The Labute approximate surface area is 109 Å². The molecule has 0 aromatic heterocycles. The first-order valence-electron chi connectivity index (χ1n) is 6.81.